The molecule has 1 saturated heterocycles. The lowest BCUT2D eigenvalue weighted by Crippen LogP contribution is -2.44. The Bertz CT molecular complexity index is 813. The van der Waals surface area contributed by atoms with E-state index in [0.717, 1.165) is 37.6 Å². The Morgan fingerprint density at radius 1 is 0.862 bits per heavy atom. The van der Waals surface area contributed by atoms with Gasteiger partial charge in [0.15, 0.2) is 0 Å². The van der Waals surface area contributed by atoms with Crippen molar-refractivity contribution in [3.63, 3.8) is 0 Å². The van der Waals surface area contributed by atoms with Crippen LogP contribution in [0.1, 0.15) is 13.3 Å². The number of carbonyl (C=O) groups is 2. The summed E-state index contributed by atoms with van der Waals surface area (Å²) in [7, 11) is 2.13. The number of benzene rings is 2. The summed E-state index contributed by atoms with van der Waals surface area (Å²) in [6.45, 7) is 6.57. The average Bonchev–Trinajstić information content (AvgIpc) is 2.71. The lowest BCUT2D eigenvalue weighted by Gasteiger charge is -2.34. The van der Waals surface area contributed by atoms with Crippen LogP contribution in [0.5, 0.6) is 5.75 Å². The Hall–Kier alpha value is -3.06. The molecule has 0 spiro atoms. The summed E-state index contributed by atoms with van der Waals surface area (Å²) >= 11 is 0. The molecule has 154 valence electrons. The number of hydrogen-bond acceptors (Lipinski definition) is 5. The van der Waals surface area contributed by atoms with E-state index in [0.29, 0.717) is 18.0 Å². The number of hydrogen-bond donors (Lipinski definition) is 2. The Morgan fingerprint density at radius 3 is 1.90 bits per heavy atom. The van der Waals surface area contributed by atoms with E-state index in [1.165, 1.54) is 0 Å². The lowest BCUT2D eigenvalue weighted by molar-refractivity contribution is -0.123. The van der Waals surface area contributed by atoms with Crippen molar-refractivity contribution < 1.29 is 14.3 Å². The minimum atomic E-state index is -0.360. The second kappa shape index (κ2) is 9.93. The van der Waals surface area contributed by atoms with Crippen LogP contribution in [-0.4, -0.2) is 56.5 Å². The number of piperazine rings is 1. The third-order valence-corrected chi connectivity index (χ3v) is 4.79. The van der Waals surface area contributed by atoms with E-state index >= 15 is 0 Å². The van der Waals surface area contributed by atoms with Crippen molar-refractivity contribution in [2.75, 3.05) is 55.4 Å². The Kier molecular flexibility index (Phi) is 7.08. The van der Waals surface area contributed by atoms with E-state index in [-0.39, 0.29) is 18.2 Å². The number of anilines is 3. The molecule has 3 rings (SSSR count). The van der Waals surface area contributed by atoms with Crippen LogP contribution in [0.25, 0.3) is 0 Å². The molecule has 29 heavy (non-hydrogen) atoms. The Balaban J connectivity index is 1.46. The fraction of sp³-hybridized carbons (Fsp3) is 0.364. The van der Waals surface area contributed by atoms with Gasteiger partial charge in [-0.2, -0.15) is 0 Å². The molecule has 0 saturated carbocycles. The molecule has 1 aliphatic rings. The molecule has 7 heteroatoms. The molecule has 2 amide bonds. The molecular formula is C22H28N4O3. The van der Waals surface area contributed by atoms with E-state index in [9.17, 15) is 9.59 Å². The van der Waals surface area contributed by atoms with E-state index in [1.807, 2.05) is 31.2 Å². The number of rotatable bonds is 7. The molecule has 0 bridgehead atoms. The molecule has 0 atom stereocenters. The summed E-state index contributed by atoms with van der Waals surface area (Å²) in [5.74, 6) is 0.0322. The van der Waals surface area contributed by atoms with Crippen LogP contribution in [-0.2, 0) is 9.59 Å². The van der Waals surface area contributed by atoms with Crippen LogP contribution in [0.4, 0.5) is 17.1 Å². The maximum Gasteiger partial charge on any atom is 0.233 e. The third-order valence-electron chi connectivity index (χ3n) is 4.79. The van der Waals surface area contributed by atoms with Crippen LogP contribution in [0.2, 0.25) is 0 Å². The highest BCUT2D eigenvalue weighted by atomic mass is 16.5. The van der Waals surface area contributed by atoms with Crippen molar-refractivity contribution in [2.45, 2.75) is 13.3 Å². The van der Waals surface area contributed by atoms with Crippen molar-refractivity contribution in [2.24, 2.45) is 0 Å². The molecule has 0 aliphatic carbocycles. The van der Waals surface area contributed by atoms with Gasteiger partial charge < -0.3 is 25.2 Å². The van der Waals surface area contributed by atoms with E-state index in [2.05, 4.69) is 27.5 Å². The Labute approximate surface area is 171 Å². The molecule has 1 fully saturated rings. The highest BCUT2D eigenvalue weighted by molar-refractivity contribution is 6.08. The molecule has 2 aromatic rings. The quantitative estimate of drug-likeness (QED) is 0.704. The fourth-order valence-corrected chi connectivity index (χ4v) is 3.18. The zero-order valence-electron chi connectivity index (χ0n) is 17.0. The van der Waals surface area contributed by atoms with E-state index in [4.69, 9.17) is 4.74 Å². The molecule has 1 aliphatic heterocycles. The predicted octanol–water partition coefficient (Wildman–Crippen LogP) is 2.80. The molecule has 2 aromatic carbocycles. The van der Waals surface area contributed by atoms with E-state index < -0.39 is 0 Å². The third kappa shape index (κ3) is 6.22. The summed E-state index contributed by atoms with van der Waals surface area (Å²) in [5, 5.41) is 5.49. The van der Waals surface area contributed by atoms with Gasteiger partial charge in [0, 0.05) is 43.2 Å². The van der Waals surface area contributed by atoms with Gasteiger partial charge in [-0.1, -0.05) is 0 Å². The Morgan fingerprint density at radius 2 is 1.38 bits per heavy atom. The predicted molar refractivity (Wildman–Crippen MR) is 116 cm³/mol. The SMILES string of the molecule is CCOc1ccc(NC(=O)CC(=O)Nc2ccc(N3CCN(C)CC3)cc2)cc1. The molecule has 0 radical (unpaired) electrons. The molecule has 1 heterocycles. The van der Waals surface area contributed by atoms with Crippen molar-refractivity contribution >= 4 is 28.9 Å². The van der Waals surface area contributed by atoms with Gasteiger partial charge in [0.25, 0.3) is 0 Å². The van der Waals surface area contributed by atoms with Gasteiger partial charge in [-0.25, -0.2) is 0 Å². The summed E-state index contributed by atoms with van der Waals surface area (Å²) in [4.78, 5) is 28.9. The zero-order valence-corrected chi connectivity index (χ0v) is 17.0. The second-order valence-corrected chi connectivity index (χ2v) is 7.07. The van der Waals surface area contributed by atoms with Gasteiger partial charge in [0.2, 0.25) is 11.8 Å². The fourth-order valence-electron chi connectivity index (χ4n) is 3.18. The van der Waals surface area contributed by atoms with Crippen molar-refractivity contribution in [1.29, 1.82) is 0 Å². The molecular weight excluding hydrogens is 368 g/mol. The monoisotopic (exact) mass is 396 g/mol. The first-order chi connectivity index (χ1) is 14.0. The number of nitrogens with one attached hydrogen (secondary N) is 2. The molecule has 0 unspecified atom stereocenters. The first-order valence-electron chi connectivity index (χ1n) is 9.89. The van der Waals surface area contributed by atoms with Crippen LogP contribution in [0.3, 0.4) is 0 Å². The van der Waals surface area contributed by atoms with Gasteiger partial charge >= 0.3 is 0 Å². The average molecular weight is 396 g/mol. The van der Waals surface area contributed by atoms with Gasteiger partial charge in [-0.3, -0.25) is 9.59 Å². The molecule has 2 N–H and O–H groups in total. The van der Waals surface area contributed by atoms with Crippen LogP contribution in [0.15, 0.2) is 48.5 Å². The first-order valence-corrected chi connectivity index (χ1v) is 9.89. The minimum Gasteiger partial charge on any atom is -0.494 e. The highest BCUT2D eigenvalue weighted by Crippen LogP contribution is 2.20. The van der Waals surface area contributed by atoms with Crippen molar-refractivity contribution in [1.82, 2.24) is 4.90 Å². The maximum atomic E-state index is 12.2. The van der Waals surface area contributed by atoms with Crippen LogP contribution >= 0.6 is 0 Å². The van der Waals surface area contributed by atoms with Gasteiger partial charge in [-0.05, 0) is 62.5 Å². The summed E-state index contributed by atoms with van der Waals surface area (Å²) in [5.41, 5.74) is 2.45. The number of ether oxygens (including phenoxy) is 1. The van der Waals surface area contributed by atoms with Crippen LogP contribution in [0, 0.1) is 0 Å². The molecule has 0 aromatic heterocycles. The second-order valence-electron chi connectivity index (χ2n) is 7.07. The number of amides is 2. The summed E-state index contributed by atoms with van der Waals surface area (Å²) in [6.07, 6.45) is -0.243. The topological polar surface area (TPSA) is 73.9 Å². The first kappa shape index (κ1) is 20.7. The summed E-state index contributed by atoms with van der Waals surface area (Å²) in [6, 6.07) is 14.8. The van der Waals surface area contributed by atoms with Gasteiger partial charge in [0.05, 0.1) is 6.61 Å². The van der Waals surface area contributed by atoms with Gasteiger partial charge in [0.1, 0.15) is 12.2 Å². The van der Waals surface area contributed by atoms with E-state index in [1.54, 1.807) is 24.3 Å². The van der Waals surface area contributed by atoms with Crippen molar-refractivity contribution in [3.8, 4) is 5.75 Å². The number of carbonyl (C=O) groups excluding carboxylic acids is 2. The summed E-state index contributed by atoms with van der Waals surface area (Å²) < 4.78 is 5.37. The van der Waals surface area contributed by atoms with Gasteiger partial charge in [-0.15, -0.1) is 0 Å². The van der Waals surface area contributed by atoms with Crippen LogP contribution < -0.4 is 20.3 Å². The smallest absolute Gasteiger partial charge is 0.233 e. The lowest BCUT2D eigenvalue weighted by atomic mass is 10.2. The maximum absolute atomic E-state index is 12.2. The number of nitrogens with zero attached hydrogens (tertiary/aromatic N) is 2. The molecule has 7 nitrogen and oxygen atoms in total. The number of likely N-dealkylation sites (N-methyl/N-ethyl adjacent to an activating group) is 1. The minimum absolute atomic E-state index is 0.243. The standard InChI is InChI=1S/C22H28N4O3/c1-3-29-20-10-6-18(7-11-20)24-22(28)16-21(27)23-17-4-8-19(9-5-17)26-14-12-25(2)13-15-26/h4-11H,3,12-16H2,1-2H3,(H,23,27)(H,24,28). The highest BCUT2D eigenvalue weighted by Gasteiger charge is 2.14. The normalized spacial score (nSPS) is 14.3. The largest absolute Gasteiger partial charge is 0.494 e. The van der Waals surface area contributed by atoms with Crippen molar-refractivity contribution in [3.05, 3.63) is 48.5 Å². The zero-order chi connectivity index (χ0) is 20.6.